The van der Waals surface area contributed by atoms with Crippen molar-refractivity contribution >= 4 is 55.7 Å². The molecule has 0 saturated carbocycles. The number of thiazole rings is 1. The average molecular weight is 390 g/mol. The Kier molecular flexibility index (Phi) is 5.61. The number of hydrogen-bond donors (Lipinski definition) is 2. The summed E-state index contributed by atoms with van der Waals surface area (Å²) in [5, 5.41) is 4.06. The van der Waals surface area contributed by atoms with Crippen LogP contribution in [-0.2, 0) is 0 Å². The molecule has 136 valence electrons. The number of halogens is 1. The molecule has 0 unspecified atom stereocenters. The zero-order chi connectivity index (χ0) is 18.7. The molecule has 0 aliphatic carbocycles. The standard InChI is InChI=1S/C18H20ClN5OS/c1-23(2)9-10-24(18(25)21-13-5-3-12(19)4-6-13)14-7-8-15-16(11-14)26-17(20)22-15/h3-8,11H,9-10H2,1-2H3,(H2,20,22)(H,21,25). The lowest BCUT2D eigenvalue weighted by Crippen LogP contribution is -2.39. The van der Waals surface area contributed by atoms with E-state index < -0.39 is 0 Å². The average Bonchev–Trinajstić information content (AvgIpc) is 2.96. The van der Waals surface area contributed by atoms with Gasteiger partial charge in [0.25, 0.3) is 0 Å². The van der Waals surface area contributed by atoms with Crippen molar-refractivity contribution in [1.29, 1.82) is 0 Å². The number of benzene rings is 2. The predicted molar refractivity (Wildman–Crippen MR) is 110 cm³/mol. The molecular formula is C18H20ClN5OS. The van der Waals surface area contributed by atoms with Gasteiger partial charge in [0.2, 0.25) is 0 Å². The van der Waals surface area contributed by atoms with E-state index >= 15 is 0 Å². The Bertz CT molecular complexity index is 910. The van der Waals surface area contributed by atoms with E-state index in [9.17, 15) is 4.79 Å². The Balaban J connectivity index is 1.86. The number of nitrogens with one attached hydrogen (secondary N) is 1. The highest BCUT2D eigenvalue weighted by Crippen LogP contribution is 2.28. The molecule has 0 spiro atoms. The predicted octanol–water partition coefficient (Wildman–Crippen LogP) is 4.13. The van der Waals surface area contributed by atoms with Crippen LogP contribution in [0.1, 0.15) is 0 Å². The zero-order valence-electron chi connectivity index (χ0n) is 14.6. The van der Waals surface area contributed by atoms with Crippen LogP contribution in [0.15, 0.2) is 42.5 Å². The SMILES string of the molecule is CN(C)CCN(C(=O)Nc1ccc(Cl)cc1)c1ccc2nc(N)sc2c1. The molecule has 0 fully saturated rings. The molecule has 3 N–H and O–H groups in total. The van der Waals surface area contributed by atoms with Crippen LogP contribution in [0, 0.1) is 0 Å². The number of aromatic nitrogens is 1. The number of nitrogens with two attached hydrogens (primary N) is 1. The Morgan fingerprint density at radius 3 is 2.62 bits per heavy atom. The molecule has 2 aromatic carbocycles. The molecule has 2 amide bonds. The molecule has 1 aromatic heterocycles. The number of nitrogen functional groups attached to an aromatic ring is 1. The molecule has 8 heteroatoms. The van der Waals surface area contributed by atoms with Gasteiger partial charge in [-0.2, -0.15) is 0 Å². The van der Waals surface area contributed by atoms with Gasteiger partial charge >= 0.3 is 6.03 Å². The van der Waals surface area contributed by atoms with Crippen molar-refractivity contribution < 1.29 is 4.79 Å². The van der Waals surface area contributed by atoms with Crippen molar-refractivity contribution in [1.82, 2.24) is 9.88 Å². The number of anilines is 3. The summed E-state index contributed by atoms with van der Waals surface area (Å²) in [6.07, 6.45) is 0. The second-order valence-corrected chi connectivity index (χ2v) is 7.59. The number of carbonyl (C=O) groups excluding carboxylic acids is 1. The lowest BCUT2D eigenvalue weighted by molar-refractivity contribution is 0.256. The fourth-order valence-electron chi connectivity index (χ4n) is 2.47. The van der Waals surface area contributed by atoms with E-state index in [1.807, 2.05) is 37.2 Å². The van der Waals surface area contributed by atoms with Gasteiger partial charge in [0.1, 0.15) is 0 Å². The van der Waals surface area contributed by atoms with E-state index in [0.29, 0.717) is 22.4 Å². The number of hydrogen-bond acceptors (Lipinski definition) is 5. The minimum atomic E-state index is -0.203. The quantitative estimate of drug-likeness (QED) is 0.687. The van der Waals surface area contributed by atoms with Gasteiger partial charge in [-0.25, -0.2) is 9.78 Å². The first-order valence-corrected chi connectivity index (χ1v) is 9.27. The molecule has 26 heavy (non-hydrogen) atoms. The van der Waals surface area contributed by atoms with Crippen LogP contribution in [0.4, 0.5) is 21.3 Å². The number of nitrogens with zero attached hydrogens (tertiary/aromatic N) is 3. The molecule has 1 heterocycles. The summed E-state index contributed by atoms with van der Waals surface area (Å²) in [4.78, 5) is 20.9. The van der Waals surface area contributed by atoms with Gasteiger partial charge in [-0.3, -0.25) is 4.90 Å². The summed E-state index contributed by atoms with van der Waals surface area (Å²) >= 11 is 7.31. The third-order valence-electron chi connectivity index (χ3n) is 3.81. The number of amides is 2. The summed E-state index contributed by atoms with van der Waals surface area (Å²) in [6.45, 7) is 1.28. The lowest BCUT2D eigenvalue weighted by atomic mass is 10.2. The first-order valence-electron chi connectivity index (χ1n) is 8.07. The highest BCUT2D eigenvalue weighted by atomic mass is 35.5. The molecule has 0 aliphatic rings. The zero-order valence-corrected chi connectivity index (χ0v) is 16.1. The number of rotatable bonds is 5. The van der Waals surface area contributed by atoms with Gasteiger partial charge in [0.15, 0.2) is 5.13 Å². The Hall–Kier alpha value is -2.35. The van der Waals surface area contributed by atoms with Crippen molar-refractivity contribution in [2.24, 2.45) is 0 Å². The highest BCUT2D eigenvalue weighted by molar-refractivity contribution is 7.22. The van der Waals surface area contributed by atoms with Crippen LogP contribution in [0.3, 0.4) is 0 Å². The van der Waals surface area contributed by atoms with Gasteiger partial charge in [0.05, 0.1) is 10.2 Å². The minimum absolute atomic E-state index is 0.203. The topological polar surface area (TPSA) is 74.5 Å². The molecular weight excluding hydrogens is 370 g/mol. The highest BCUT2D eigenvalue weighted by Gasteiger charge is 2.17. The van der Waals surface area contributed by atoms with Crippen LogP contribution in [0.25, 0.3) is 10.2 Å². The van der Waals surface area contributed by atoms with E-state index in [4.69, 9.17) is 17.3 Å². The maximum atomic E-state index is 12.9. The number of urea groups is 1. The summed E-state index contributed by atoms with van der Waals surface area (Å²) in [5.74, 6) is 0. The molecule has 0 bridgehead atoms. The largest absolute Gasteiger partial charge is 0.375 e. The smallest absolute Gasteiger partial charge is 0.326 e. The first-order chi connectivity index (χ1) is 12.4. The monoisotopic (exact) mass is 389 g/mol. The number of carbonyl (C=O) groups is 1. The summed E-state index contributed by atoms with van der Waals surface area (Å²) in [5.41, 5.74) is 8.11. The van der Waals surface area contributed by atoms with Gasteiger partial charge in [-0.15, -0.1) is 0 Å². The molecule has 6 nitrogen and oxygen atoms in total. The van der Waals surface area contributed by atoms with E-state index in [1.54, 1.807) is 29.2 Å². The Labute approximate surface area is 161 Å². The molecule has 3 rings (SSSR count). The van der Waals surface area contributed by atoms with Gasteiger partial charge in [-0.05, 0) is 56.6 Å². The van der Waals surface area contributed by atoms with Crippen molar-refractivity contribution in [3.63, 3.8) is 0 Å². The summed E-state index contributed by atoms with van der Waals surface area (Å²) in [7, 11) is 3.95. The van der Waals surface area contributed by atoms with Crippen molar-refractivity contribution in [2.45, 2.75) is 0 Å². The van der Waals surface area contributed by atoms with E-state index in [2.05, 4.69) is 10.3 Å². The number of fused-ring (bicyclic) bond motifs is 1. The maximum Gasteiger partial charge on any atom is 0.326 e. The van der Waals surface area contributed by atoms with E-state index in [0.717, 1.165) is 22.4 Å². The van der Waals surface area contributed by atoms with Crippen LogP contribution < -0.4 is 16.0 Å². The van der Waals surface area contributed by atoms with Gasteiger partial charge < -0.3 is 16.0 Å². The van der Waals surface area contributed by atoms with E-state index in [-0.39, 0.29) is 6.03 Å². The van der Waals surface area contributed by atoms with Crippen LogP contribution >= 0.6 is 22.9 Å². The Morgan fingerprint density at radius 2 is 1.92 bits per heavy atom. The van der Waals surface area contributed by atoms with Crippen LogP contribution in [0.2, 0.25) is 5.02 Å². The molecule has 0 radical (unpaired) electrons. The lowest BCUT2D eigenvalue weighted by Gasteiger charge is -2.25. The third kappa shape index (κ3) is 4.43. The Morgan fingerprint density at radius 1 is 1.19 bits per heavy atom. The van der Waals surface area contributed by atoms with Crippen LogP contribution in [0.5, 0.6) is 0 Å². The molecule has 0 atom stereocenters. The maximum absolute atomic E-state index is 12.9. The van der Waals surface area contributed by atoms with Gasteiger partial charge in [-0.1, -0.05) is 22.9 Å². The molecule has 0 saturated heterocycles. The first kappa shape index (κ1) is 18.4. The van der Waals surface area contributed by atoms with Crippen molar-refractivity contribution in [2.75, 3.05) is 43.1 Å². The fraction of sp³-hybridized carbons (Fsp3) is 0.222. The minimum Gasteiger partial charge on any atom is -0.375 e. The summed E-state index contributed by atoms with van der Waals surface area (Å²) in [6, 6.07) is 12.6. The van der Waals surface area contributed by atoms with Gasteiger partial charge in [0, 0.05) is 29.5 Å². The van der Waals surface area contributed by atoms with Crippen molar-refractivity contribution in [3.8, 4) is 0 Å². The van der Waals surface area contributed by atoms with E-state index in [1.165, 1.54) is 11.3 Å². The fourth-order valence-corrected chi connectivity index (χ4v) is 3.36. The molecule has 0 aliphatic heterocycles. The van der Waals surface area contributed by atoms with Crippen molar-refractivity contribution in [3.05, 3.63) is 47.5 Å². The number of likely N-dealkylation sites (N-methyl/N-ethyl adjacent to an activating group) is 1. The second-order valence-electron chi connectivity index (χ2n) is 6.10. The summed E-state index contributed by atoms with van der Waals surface area (Å²) < 4.78 is 0.953. The normalized spacial score (nSPS) is 11.1. The third-order valence-corrected chi connectivity index (χ3v) is 4.91. The van der Waals surface area contributed by atoms with Crippen LogP contribution in [-0.4, -0.2) is 43.1 Å². The second kappa shape index (κ2) is 7.90. The molecule has 3 aromatic rings.